The molecule has 3 unspecified atom stereocenters. The van der Waals surface area contributed by atoms with Crippen molar-refractivity contribution >= 4 is 87.9 Å². The van der Waals surface area contributed by atoms with Crippen molar-refractivity contribution in [2.75, 3.05) is 5.75 Å². The molecule has 0 saturated heterocycles. The highest BCUT2D eigenvalue weighted by molar-refractivity contribution is 8.21. The largest absolute Gasteiger partial charge is 0.297 e. The zero-order chi connectivity index (χ0) is 55.5. The molecular weight excluding hydrogens is 1090 g/mol. The standard InChI is InChI=1S/C72H86O2S6/c1-5-9-13-17-21-51-25-33-55(34-26-51)47-75-71(76-48-56-35-27-52(28-36-56)22-18-14-10-6-2)67-61-43-64-62(44-63(61)69-65(67)41-59(45-73)79-69)68(66-42-60(46-74)80-70(64)66)72(77-49-57-37-29-53(30-38-57)23-19-15-11-7-3)78-50-58-39-31-54(32-40-58)24-20-16-12-8-4/h25-31,33-46,54,68,72H,5-24,32,47-50H2,1-4H3. The number of carbonyl (C=O) groups excluding carboxylic acids is 2. The first kappa shape index (κ1) is 60.8. The van der Waals surface area contributed by atoms with Crippen molar-refractivity contribution in [3.05, 3.63) is 190 Å². The van der Waals surface area contributed by atoms with Crippen LogP contribution >= 0.6 is 69.7 Å². The van der Waals surface area contributed by atoms with Crippen molar-refractivity contribution in [3.63, 3.8) is 0 Å². The fraction of sp³-hybridized carbons (Fsp3) is 0.444. The van der Waals surface area contributed by atoms with E-state index in [-0.39, 0.29) is 10.5 Å². The Morgan fingerprint density at radius 2 is 1.00 bits per heavy atom. The monoisotopic (exact) mass is 1170 g/mol. The highest BCUT2D eigenvalue weighted by Crippen LogP contribution is 2.61. The Morgan fingerprint density at radius 1 is 0.500 bits per heavy atom. The predicted octanol–water partition coefficient (Wildman–Crippen LogP) is 22.9. The summed E-state index contributed by atoms with van der Waals surface area (Å²) in [4.78, 5) is 29.6. The summed E-state index contributed by atoms with van der Waals surface area (Å²) in [7, 11) is 0. The van der Waals surface area contributed by atoms with Crippen molar-refractivity contribution in [1.82, 2.24) is 0 Å². The summed E-state index contributed by atoms with van der Waals surface area (Å²) in [5.74, 6) is 4.34. The van der Waals surface area contributed by atoms with Crippen LogP contribution in [-0.2, 0) is 36.5 Å². The lowest BCUT2D eigenvalue weighted by atomic mass is 9.92. The van der Waals surface area contributed by atoms with Gasteiger partial charge in [-0.25, -0.2) is 0 Å². The predicted molar refractivity (Wildman–Crippen MR) is 359 cm³/mol. The summed E-state index contributed by atoms with van der Waals surface area (Å²) in [6, 6.07) is 37.6. The van der Waals surface area contributed by atoms with Crippen molar-refractivity contribution in [2.24, 2.45) is 5.92 Å². The van der Waals surface area contributed by atoms with Gasteiger partial charge < -0.3 is 0 Å². The molecule has 0 N–H and O–H groups in total. The van der Waals surface area contributed by atoms with Crippen LogP contribution in [0.5, 0.6) is 0 Å². The summed E-state index contributed by atoms with van der Waals surface area (Å²) >= 11 is 11.4. The average Bonchev–Trinajstić information content (AvgIpc) is 4.33. The van der Waals surface area contributed by atoms with Crippen molar-refractivity contribution < 1.29 is 9.59 Å². The van der Waals surface area contributed by atoms with Gasteiger partial charge in [0.1, 0.15) is 0 Å². The lowest BCUT2D eigenvalue weighted by Gasteiger charge is -2.26. The Labute approximate surface area is 506 Å². The fourth-order valence-corrected chi connectivity index (χ4v) is 19.0. The SMILES string of the molecule is CCCCCCc1ccc(CSC(SCc2ccc(CCCCCC)cc2)=C2c3cc4c(cc3-c3sc(C=O)cc32)C(C(SCC2=CCC(CCCCCC)C=C2)SCc2ccc(CCCCCC)cc2)c2cc(C=O)sc2-4)cc1. The molecule has 8 heteroatoms. The molecule has 0 amide bonds. The number of fused-ring (bicyclic) bond motifs is 6. The number of unbranched alkanes of at least 4 members (excludes halogenated alkanes) is 12. The molecule has 3 aliphatic rings. The third kappa shape index (κ3) is 16.3. The zero-order valence-electron chi connectivity index (χ0n) is 48.3. The summed E-state index contributed by atoms with van der Waals surface area (Å²) in [6.45, 7) is 9.14. The fourth-order valence-electron chi connectivity index (χ4n) is 11.7. The molecule has 0 bridgehead atoms. The number of aryl methyl sites for hydroxylation is 3. The first-order chi connectivity index (χ1) is 39.4. The first-order valence-corrected chi connectivity index (χ1v) is 36.3. The maximum absolute atomic E-state index is 12.8. The van der Waals surface area contributed by atoms with E-state index in [1.54, 1.807) is 22.7 Å². The van der Waals surface area contributed by atoms with Gasteiger partial charge in [-0.2, -0.15) is 0 Å². The lowest BCUT2D eigenvalue weighted by Crippen LogP contribution is -2.13. The highest BCUT2D eigenvalue weighted by atomic mass is 32.2. The number of thiophene rings is 2. The number of thioether (sulfide) groups is 4. The molecule has 0 spiro atoms. The van der Waals surface area contributed by atoms with Gasteiger partial charge >= 0.3 is 0 Å². The molecule has 2 nitrogen and oxygen atoms in total. The minimum absolute atomic E-state index is 0.0945. The first-order valence-electron chi connectivity index (χ1n) is 30.6. The van der Waals surface area contributed by atoms with Crippen LogP contribution in [0.4, 0.5) is 0 Å². The van der Waals surface area contributed by atoms with Gasteiger partial charge in [-0.15, -0.1) is 69.7 Å². The second-order valence-corrected chi connectivity index (χ2v) is 29.6. The second kappa shape index (κ2) is 31.8. The van der Waals surface area contributed by atoms with Crippen LogP contribution < -0.4 is 0 Å². The van der Waals surface area contributed by atoms with Gasteiger partial charge in [0, 0.05) is 59.6 Å². The third-order valence-electron chi connectivity index (χ3n) is 16.4. The summed E-state index contributed by atoms with van der Waals surface area (Å²) < 4.78 is 1.50. The molecule has 3 atom stereocenters. The quantitative estimate of drug-likeness (QED) is 0.0224. The van der Waals surface area contributed by atoms with E-state index in [1.807, 2.05) is 23.5 Å². The van der Waals surface area contributed by atoms with Gasteiger partial charge in [-0.3, -0.25) is 9.59 Å². The summed E-state index contributed by atoms with van der Waals surface area (Å²) in [6.07, 6.45) is 36.0. The van der Waals surface area contributed by atoms with E-state index in [0.717, 1.165) is 71.0 Å². The Hall–Kier alpha value is -3.76. The van der Waals surface area contributed by atoms with Crippen LogP contribution in [0.3, 0.4) is 0 Å². The molecule has 2 aromatic heterocycles. The van der Waals surface area contributed by atoms with E-state index in [0.29, 0.717) is 5.92 Å². The van der Waals surface area contributed by atoms with Crippen LogP contribution in [0, 0.1) is 5.92 Å². The molecule has 6 aromatic rings. The molecule has 2 heterocycles. The molecule has 0 aliphatic heterocycles. The van der Waals surface area contributed by atoms with Gasteiger partial charge in [0.05, 0.1) is 14.3 Å². The maximum Gasteiger partial charge on any atom is 0.160 e. The highest BCUT2D eigenvalue weighted by Gasteiger charge is 2.40. The van der Waals surface area contributed by atoms with Crippen molar-refractivity contribution in [1.29, 1.82) is 0 Å². The Balaban J connectivity index is 1.06. The van der Waals surface area contributed by atoms with E-state index in [4.69, 9.17) is 0 Å². The van der Waals surface area contributed by atoms with E-state index in [1.165, 1.54) is 201 Å². The smallest absolute Gasteiger partial charge is 0.160 e. The van der Waals surface area contributed by atoms with Crippen LogP contribution in [0.1, 0.15) is 224 Å². The number of carbonyl (C=O) groups is 2. The average molecular weight is 1180 g/mol. The summed E-state index contributed by atoms with van der Waals surface area (Å²) in [5.41, 5.74) is 18.6. The zero-order valence-corrected chi connectivity index (χ0v) is 53.2. The van der Waals surface area contributed by atoms with Gasteiger partial charge in [0.15, 0.2) is 12.6 Å². The molecule has 422 valence electrons. The molecule has 4 aromatic carbocycles. The molecule has 0 radical (unpaired) electrons. The molecule has 0 fully saturated rings. The van der Waals surface area contributed by atoms with Crippen LogP contribution in [0.2, 0.25) is 0 Å². The second-order valence-electron chi connectivity index (χ2n) is 22.6. The van der Waals surface area contributed by atoms with Gasteiger partial charge in [0.25, 0.3) is 0 Å². The number of allylic oxidation sites excluding steroid dienone is 3. The topological polar surface area (TPSA) is 34.1 Å². The van der Waals surface area contributed by atoms with Gasteiger partial charge in [0.2, 0.25) is 0 Å². The number of hydrogen-bond acceptors (Lipinski definition) is 8. The maximum atomic E-state index is 12.8. The molecule has 9 rings (SSSR count). The minimum Gasteiger partial charge on any atom is -0.297 e. The van der Waals surface area contributed by atoms with E-state index in [2.05, 4.69) is 167 Å². The Morgan fingerprint density at radius 3 is 1.52 bits per heavy atom. The van der Waals surface area contributed by atoms with E-state index >= 15 is 0 Å². The van der Waals surface area contributed by atoms with Crippen LogP contribution in [0.15, 0.2) is 125 Å². The van der Waals surface area contributed by atoms with Crippen molar-refractivity contribution in [3.8, 4) is 20.9 Å². The van der Waals surface area contributed by atoms with Crippen LogP contribution in [-0.4, -0.2) is 22.9 Å². The lowest BCUT2D eigenvalue weighted by molar-refractivity contribution is 0.111. The van der Waals surface area contributed by atoms with Gasteiger partial charge in [-0.1, -0.05) is 202 Å². The number of hydrogen-bond donors (Lipinski definition) is 0. The van der Waals surface area contributed by atoms with Gasteiger partial charge in [-0.05, 0) is 143 Å². The summed E-state index contributed by atoms with van der Waals surface area (Å²) in [5, 5.41) is 0. The normalized spacial score (nSPS) is 15.4. The Kier molecular flexibility index (Phi) is 24.2. The van der Waals surface area contributed by atoms with Crippen LogP contribution in [0.25, 0.3) is 26.5 Å². The van der Waals surface area contributed by atoms with Crippen molar-refractivity contribution in [2.45, 2.75) is 190 Å². The molecule has 0 saturated carbocycles. The molecule has 3 aliphatic carbocycles. The van der Waals surface area contributed by atoms with E-state index < -0.39 is 0 Å². The van der Waals surface area contributed by atoms with E-state index in [9.17, 15) is 9.59 Å². The molecular formula is C72H86O2S6. The molecule has 80 heavy (non-hydrogen) atoms. The Bertz CT molecular complexity index is 2960. The number of benzene rings is 4. The number of aldehydes is 2. The minimum atomic E-state index is 0.0945. The number of rotatable bonds is 35. The third-order valence-corrected chi connectivity index (χ3v) is 24.2.